The van der Waals surface area contributed by atoms with E-state index in [1.165, 1.54) is 17.8 Å². The summed E-state index contributed by atoms with van der Waals surface area (Å²) in [6, 6.07) is 6.47. The zero-order chi connectivity index (χ0) is 12.3. The highest BCUT2D eigenvalue weighted by Gasteiger charge is 2.09. The molecule has 88 valence electrons. The Kier molecular flexibility index (Phi) is 3.75. The lowest BCUT2D eigenvalue weighted by atomic mass is 10.3. The van der Waals surface area contributed by atoms with E-state index in [0.29, 0.717) is 16.3 Å². The van der Waals surface area contributed by atoms with Crippen LogP contribution in [-0.4, -0.2) is 16.1 Å². The van der Waals surface area contributed by atoms with E-state index < -0.39 is 5.97 Å². The fourth-order valence-electron chi connectivity index (χ4n) is 1.18. The number of halogens is 1. The Bertz CT molecular complexity index is 542. The van der Waals surface area contributed by atoms with E-state index in [9.17, 15) is 9.18 Å². The van der Waals surface area contributed by atoms with Crippen LogP contribution in [0.4, 0.5) is 4.39 Å². The predicted molar refractivity (Wildman–Crippen MR) is 65.0 cm³/mol. The number of nitrogens with zero attached hydrogens (tertiary/aromatic N) is 1. The highest BCUT2D eigenvalue weighted by molar-refractivity contribution is 7.98. The van der Waals surface area contributed by atoms with Gasteiger partial charge in [0.25, 0.3) is 0 Å². The molecule has 2 rings (SSSR count). The number of hydrogen-bond donors (Lipinski definition) is 1. The van der Waals surface area contributed by atoms with Crippen molar-refractivity contribution < 1.29 is 14.3 Å². The molecule has 3 nitrogen and oxygen atoms in total. The lowest BCUT2D eigenvalue weighted by Crippen LogP contribution is -1.95. The first-order chi connectivity index (χ1) is 8.16. The molecule has 0 spiro atoms. The lowest BCUT2D eigenvalue weighted by Gasteiger charge is -2.00. The van der Waals surface area contributed by atoms with Crippen LogP contribution < -0.4 is 0 Å². The molecule has 6 heteroatoms. The molecule has 0 atom stereocenters. The fraction of sp³-hybridized carbons (Fsp3) is 0.0909. The largest absolute Gasteiger partial charge is 0.476 e. The first-order valence-corrected chi connectivity index (χ1v) is 6.58. The Morgan fingerprint density at radius 3 is 2.88 bits per heavy atom. The van der Waals surface area contributed by atoms with Gasteiger partial charge in [-0.2, -0.15) is 0 Å². The number of carboxylic acid groups (broad SMARTS) is 1. The van der Waals surface area contributed by atoms with E-state index in [2.05, 4.69) is 4.98 Å². The molecule has 0 bridgehead atoms. The van der Waals surface area contributed by atoms with Crippen LogP contribution in [0.5, 0.6) is 0 Å². The van der Waals surface area contributed by atoms with Crippen LogP contribution in [0, 0.1) is 5.82 Å². The van der Waals surface area contributed by atoms with E-state index in [1.807, 2.05) is 0 Å². The van der Waals surface area contributed by atoms with Gasteiger partial charge in [-0.3, -0.25) is 0 Å². The number of rotatable bonds is 4. The van der Waals surface area contributed by atoms with Crippen LogP contribution in [0.3, 0.4) is 0 Å². The minimum atomic E-state index is -1.03. The molecule has 2 aromatic rings. The van der Waals surface area contributed by atoms with Gasteiger partial charge in [-0.15, -0.1) is 23.1 Å². The van der Waals surface area contributed by atoms with Gasteiger partial charge in [-0.25, -0.2) is 14.2 Å². The SMILES string of the molecule is O=C(O)c1nc(CSc2ccccc2F)cs1. The van der Waals surface area contributed by atoms with Gasteiger partial charge in [0.1, 0.15) is 5.82 Å². The summed E-state index contributed by atoms with van der Waals surface area (Å²) in [6.07, 6.45) is 0. The number of aromatic carboxylic acids is 1. The van der Waals surface area contributed by atoms with Crippen molar-refractivity contribution in [2.75, 3.05) is 0 Å². The predicted octanol–water partition coefficient (Wildman–Crippen LogP) is 3.27. The molecule has 0 amide bonds. The van der Waals surface area contributed by atoms with Crippen molar-refractivity contribution in [3.63, 3.8) is 0 Å². The summed E-state index contributed by atoms with van der Waals surface area (Å²) >= 11 is 2.38. The number of carboxylic acids is 1. The Hall–Kier alpha value is -1.40. The maximum Gasteiger partial charge on any atom is 0.365 e. The summed E-state index contributed by atoms with van der Waals surface area (Å²) in [7, 11) is 0. The molecular weight excluding hydrogens is 261 g/mol. The van der Waals surface area contributed by atoms with Gasteiger partial charge in [0.15, 0.2) is 0 Å². The van der Waals surface area contributed by atoms with Crippen molar-refractivity contribution in [1.82, 2.24) is 4.98 Å². The standard InChI is InChI=1S/C11H8FNO2S2/c12-8-3-1-2-4-9(8)16-5-7-6-17-10(13-7)11(14)15/h1-4,6H,5H2,(H,14,15). The highest BCUT2D eigenvalue weighted by Crippen LogP contribution is 2.25. The lowest BCUT2D eigenvalue weighted by molar-refractivity contribution is 0.0696. The number of carbonyl (C=O) groups is 1. The Balaban J connectivity index is 2.02. The fourth-order valence-corrected chi connectivity index (χ4v) is 2.78. The normalized spacial score (nSPS) is 10.4. The maximum atomic E-state index is 13.3. The average molecular weight is 269 g/mol. The second-order valence-corrected chi connectivity index (χ2v) is 5.04. The van der Waals surface area contributed by atoms with Gasteiger partial charge >= 0.3 is 5.97 Å². The van der Waals surface area contributed by atoms with E-state index in [1.54, 1.807) is 23.6 Å². The first-order valence-electron chi connectivity index (χ1n) is 4.72. The van der Waals surface area contributed by atoms with E-state index in [4.69, 9.17) is 5.11 Å². The summed E-state index contributed by atoms with van der Waals surface area (Å²) in [5.41, 5.74) is 0.653. The zero-order valence-corrected chi connectivity index (χ0v) is 10.2. The van der Waals surface area contributed by atoms with Crippen LogP contribution in [0.15, 0.2) is 34.5 Å². The van der Waals surface area contributed by atoms with Crippen LogP contribution in [0.1, 0.15) is 15.5 Å². The number of thiazole rings is 1. The minimum Gasteiger partial charge on any atom is -0.476 e. The quantitative estimate of drug-likeness (QED) is 0.865. The topological polar surface area (TPSA) is 50.2 Å². The highest BCUT2D eigenvalue weighted by atomic mass is 32.2. The Morgan fingerprint density at radius 2 is 2.24 bits per heavy atom. The van der Waals surface area contributed by atoms with E-state index >= 15 is 0 Å². The molecule has 0 aliphatic heterocycles. The summed E-state index contributed by atoms with van der Waals surface area (Å²) < 4.78 is 13.3. The molecule has 1 aromatic heterocycles. The molecule has 0 aliphatic rings. The van der Waals surface area contributed by atoms with Gasteiger partial charge < -0.3 is 5.11 Å². The van der Waals surface area contributed by atoms with Crippen LogP contribution >= 0.6 is 23.1 Å². The van der Waals surface area contributed by atoms with E-state index in [0.717, 1.165) is 11.3 Å². The molecule has 0 unspecified atom stereocenters. The summed E-state index contributed by atoms with van der Waals surface area (Å²) in [5.74, 6) is -0.839. The molecule has 0 saturated heterocycles. The summed E-state index contributed by atoms with van der Waals surface area (Å²) in [5, 5.41) is 10.5. The number of thioether (sulfide) groups is 1. The number of benzene rings is 1. The van der Waals surface area contributed by atoms with E-state index in [-0.39, 0.29) is 10.8 Å². The minimum absolute atomic E-state index is 0.0640. The Labute approximate surface area is 105 Å². The Morgan fingerprint density at radius 1 is 1.47 bits per heavy atom. The molecule has 0 fully saturated rings. The molecule has 0 radical (unpaired) electrons. The van der Waals surface area contributed by atoms with Crippen molar-refractivity contribution in [2.45, 2.75) is 10.6 Å². The van der Waals surface area contributed by atoms with Gasteiger partial charge in [-0.05, 0) is 12.1 Å². The van der Waals surface area contributed by atoms with Crippen molar-refractivity contribution in [2.24, 2.45) is 0 Å². The maximum absolute atomic E-state index is 13.3. The van der Waals surface area contributed by atoms with Crippen molar-refractivity contribution >= 4 is 29.1 Å². The van der Waals surface area contributed by atoms with Crippen molar-refractivity contribution in [3.05, 3.63) is 46.2 Å². The average Bonchev–Trinajstić information content (AvgIpc) is 2.77. The van der Waals surface area contributed by atoms with Crippen LogP contribution in [0.2, 0.25) is 0 Å². The molecular formula is C11H8FNO2S2. The third-order valence-electron chi connectivity index (χ3n) is 1.95. The molecule has 0 saturated carbocycles. The second kappa shape index (κ2) is 5.29. The molecule has 1 N–H and O–H groups in total. The van der Waals surface area contributed by atoms with Gasteiger partial charge in [-0.1, -0.05) is 12.1 Å². The molecule has 0 aliphatic carbocycles. The third kappa shape index (κ3) is 3.04. The smallest absolute Gasteiger partial charge is 0.365 e. The monoisotopic (exact) mass is 269 g/mol. The van der Waals surface area contributed by atoms with Crippen molar-refractivity contribution in [3.8, 4) is 0 Å². The first kappa shape index (κ1) is 12.1. The molecule has 1 aromatic carbocycles. The third-order valence-corrected chi connectivity index (χ3v) is 3.91. The summed E-state index contributed by atoms with van der Waals surface area (Å²) in [4.78, 5) is 15.1. The van der Waals surface area contributed by atoms with Gasteiger partial charge in [0, 0.05) is 16.0 Å². The summed E-state index contributed by atoms with van der Waals surface area (Å²) in [6.45, 7) is 0. The van der Waals surface area contributed by atoms with Gasteiger partial charge in [0.2, 0.25) is 5.01 Å². The number of hydrogen-bond acceptors (Lipinski definition) is 4. The number of aromatic nitrogens is 1. The second-order valence-electron chi connectivity index (χ2n) is 3.17. The molecule has 17 heavy (non-hydrogen) atoms. The van der Waals surface area contributed by atoms with Crippen LogP contribution in [0.25, 0.3) is 0 Å². The zero-order valence-electron chi connectivity index (χ0n) is 8.59. The van der Waals surface area contributed by atoms with Crippen molar-refractivity contribution in [1.29, 1.82) is 0 Å². The molecule has 1 heterocycles. The van der Waals surface area contributed by atoms with Crippen LogP contribution in [-0.2, 0) is 5.75 Å². The van der Waals surface area contributed by atoms with Gasteiger partial charge in [0.05, 0.1) is 5.69 Å².